The average Bonchev–Trinajstić information content (AvgIpc) is 2.29. The Bertz CT molecular complexity index is 328. The summed E-state index contributed by atoms with van der Waals surface area (Å²) in [5.74, 6) is 0. The van der Waals surface area contributed by atoms with Gasteiger partial charge in [0.25, 0.3) is 0 Å². The summed E-state index contributed by atoms with van der Waals surface area (Å²) < 4.78 is 0. The zero-order valence-electron chi connectivity index (χ0n) is 9.89. The highest BCUT2D eigenvalue weighted by Crippen LogP contribution is 2.18. The lowest BCUT2D eigenvalue weighted by molar-refractivity contribution is 0.817. The van der Waals surface area contributed by atoms with Gasteiger partial charge < -0.3 is 10.6 Å². The minimum atomic E-state index is 0.0845. The summed E-state index contributed by atoms with van der Waals surface area (Å²) in [6.45, 7) is 11.1. The summed E-state index contributed by atoms with van der Waals surface area (Å²) in [6.07, 6.45) is 3.78. The fourth-order valence-electron chi connectivity index (χ4n) is 1.59. The van der Waals surface area contributed by atoms with E-state index in [9.17, 15) is 0 Å². The number of rotatable bonds is 6. The fraction of sp³-hybridized carbons (Fsp3) is 0.286. The van der Waals surface area contributed by atoms with Crippen molar-refractivity contribution in [1.82, 2.24) is 0 Å². The summed E-state index contributed by atoms with van der Waals surface area (Å²) in [7, 11) is 0. The van der Waals surface area contributed by atoms with Crippen LogP contribution in [0.1, 0.15) is 18.5 Å². The Balaban J connectivity index is 2.84. The number of hydrogen-bond donors (Lipinski definition) is 1. The van der Waals surface area contributed by atoms with Crippen LogP contribution in [-0.2, 0) is 0 Å². The van der Waals surface area contributed by atoms with Crippen LogP contribution in [0.25, 0.3) is 0 Å². The molecule has 0 aliphatic carbocycles. The molecule has 86 valence electrons. The Morgan fingerprint density at radius 2 is 1.69 bits per heavy atom. The van der Waals surface area contributed by atoms with Crippen molar-refractivity contribution in [2.75, 3.05) is 18.0 Å². The molecule has 0 aliphatic rings. The molecule has 16 heavy (non-hydrogen) atoms. The van der Waals surface area contributed by atoms with E-state index in [1.807, 2.05) is 19.1 Å². The monoisotopic (exact) mass is 216 g/mol. The summed E-state index contributed by atoms with van der Waals surface area (Å²) in [5.41, 5.74) is 8.14. The van der Waals surface area contributed by atoms with Crippen LogP contribution in [0.15, 0.2) is 49.6 Å². The Labute approximate surface area is 98.1 Å². The Morgan fingerprint density at radius 3 is 2.06 bits per heavy atom. The van der Waals surface area contributed by atoms with Crippen molar-refractivity contribution in [3.05, 3.63) is 55.1 Å². The molecule has 0 fully saturated rings. The van der Waals surface area contributed by atoms with E-state index >= 15 is 0 Å². The summed E-state index contributed by atoms with van der Waals surface area (Å²) >= 11 is 0. The molecule has 0 aliphatic heterocycles. The SMILES string of the molecule is C=CCN(CC=C)c1ccc([C@H](C)N)cc1. The molecule has 0 heterocycles. The number of anilines is 1. The smallest absolute Gasteiger partial charge is 0.0372 e. The zero-order chi connectivity index (χ0) is 12.0. The Hall–Kier alpha value is -1.54. The van der Waals surface area contributed by atoms with Gasteiger partial charge in [0.2, 0.25) is 0 Å². The molecule has 2 nitrogen and oxygen atoms in total. The second kappa shape index (κ2) is 6.13. The highest BCUT2D eigenvalue weighted by molar-refractivity contribution is 5.49. The molecule has 1 aromatic rings. The highest BCUT2D eigenvalue weighted by Gasteiger charge is 2.04. The maximum absolute atomic E-state index is 5.81. The fourth-order valence-corrected chi connectivity index (χ4v) is 1.59. The van der Waals surface area contributed by atoms with Crippen molar-refractivity contribution in [3.63, 3.8) is 0 Å². The molecule has 0 saturated heterocycles. The van der Waals surface area contributed by atoms with Gasteiger partial charge in [-0.05, 0) is 24.6 Å². The summed E-state index contributed by atoms with van der Waals surface area (Å²) in [4.78, 5) is 2.20. The second-order valence-electron chi connectivity index (χ2n) is 3.86. The second-order valence-corrected chi connectivity index (χ2v) is 3.86. The lowest BCUT2D eigenvalue weighted by atomic mass is 10.1. The molecule has 1 rings (SSSR count). The van der Waals surface area contributed by atoms with Crippen molar-refractivity contribution >= 4 is 5.69 Å². The molecule has 0 spiro atoms. The number of nitrogens with zero attached hydrogens (tertiary/aromatic N) is 1. The van der Waals surface area contributed by atoms with Gasteiger partial charge in [-0.2, -0.15) is 0 Å². The van der Waals surface area contributed by atoms with Crippen LogP contribution < -0.4 is 10.6 Å². The van der Waals surface area contributed by atoms with Crippen LogP contribution in [0, 0.1) is 0 Å². The molecular formula is C14H20N2. The minimum absolute atomic E-state index is 0.0845. The maximum atomic E-state index is 5.81. The van der Waals surface area contributed by atoms with Crippen molar-refractivity contribution in [1.29, 1.82) is 0 Å². The standard InChI is InChI=1S/C14H20N2/c1-4-10-16(11-5-2)14-8-6-13(7-9-14)12(3)15/h4-9,12H,1-2,10-11,15H2,3H3/t12-/m0/s1. The molecule has 0 amide bonds. The zero-order valence-corrected chi connectivity index (χ0v) is 9.89. The van der Waals surface area contributed by atoms with E-state index in [-0.39, 0.29) is 6.04 Å². The third-order valence-electron chi connectivity index (χ3n) is 2.48. The maximum Gasteiger partial charge on any atom is 0.0372 e. The number of hydrogen-bond acceptors (Lipinski definition) is 2. The topological polar surface area (TPSA) is 29.3 Å². The summed E-state index contributed by atoms with van der Waals surface area (Å²) in [6, 6.07) is 8.40. The van der Waals surface area contributed by atoms with Crippen LogP contribution in [0.5, 0.6) is 0 Å². The number of benzene rings is 1. The molecule has 0 unspecified atom stereocenters. The van der Waals surface area contributed by atoms with Crippen LogP contribution >= 0.6 is 0 Å². The van der Waals surface area contributed by atoms with Crippen molar-refractivity contribution < 1.29 is 0 Å². The molecular weight excluding hydrogens is 196 g/mol. The van der Waals surface area contributed by atoms with Crippen LogP contribution in [-0.4, -0.2) is 13.1 Å². The van der Waals surface area contributed by atoms with Gasteiger partial charge in [0.05, 0.1) is 0 Å². The lowest BCUT2D eigenvalue weighted by Crippen LogP contribution is -2.23. The van der Waals surface area contributed by atoms with E-state index in [0.29, 0.717) is 0 Å². The van der Waals surface area contributed by atoms with Gasteiger partial charge >= 0.3 is 0 Å². The van der Waals surface area contributed by atoms with Crippen LogP contribution in [0.4, 0.5) is 5.69 Å². The molecule has 0 radical (unpaired) electrons. The van der Waals surface area contributed by atoms with Gasteiger partial charge in [0.15, 0.2) is 0 Å². The van der Waals surface area contributed by atoms with E-state index in [4.69, 9.17) is 5.73 Å². The summed E-state index contributed by atoms with van der Waals surface area (Å²) in [5, 5.41) is 0. The average molecular weight is 216 g/mol. The molecule has 2 N–H and O–H groups in total. The first kappa shape index (κ1) is 12.5. The van der Waals surface area contributed by atoms with E-state index in [1.54, 1.807) is 0 Å². The predicted molar refractivity (Wildman–Crippen MR) is 71.7 cm³/mol. The van der Waals surface area contributed by atoms with Crippen LogP contribution in [0.3, 0.4) is 0 Å². The first-order valence-corrected chi connectivity index (χ1v) is 5.51. The third-order valence-corrected chi connectivity index (χ3v) is 2.48. The molecule has 0 bridgehead atoms. The molecule has 0 aromatic heterocycles. The highest BCUT2D eigenvalue weighted by atomic mass is 15.1. The van der Waals surface area contributed by atoms with Gasteiger partial charge in [0, 0.05) is 24.8 Å². The Kier molecular flexibility index (Phi) is 4.80. The lowest BCUT2D eigenvalue weighted by Gasteiger charge is -2.22. The van der Waals surface area contributed by atoms with Gasteiger partial charge in [-0.15, -0.1) is 13.2 Å². The first-order valence-electron chi connectivity index (χ1n) is 5.51. The largest absolute Gasteiger partial charge is 0.364 e. The van der Waals surface area contributed by atoms with E-state index < -0.39 is 0 Å². The minimum Gasteiger partial charge on any atom is -0.364 e. The van der Waals surface area contributed by atoms with Crippen molar-refractivity contribution in [2.24, 2.45) is 5.73 Å². The van der Waals surface area contributed by atoms with E-state index in [1.165, 1.54) is 5.69 Å². The van der Waals surface area contributed by atoms with Crippen LogP contribution in [0.2, 0.25) is 0 Å². The van der Waals surface area contributed by atoms with Gasteiger partial charge in [0.1, 0.15) is 0 Å². The van der Waals surface area contributed by atoms with Gasteiger partial charge in [-0.1, -0.05) is 24.3 Å². The molecule has 0 saturated carbocycles. The van der Waals surface area contributed by atoms with E-state index in [2.05, 4.69) is 42.3 Å². The number of nitrogens with two attached hydrogens (primary N) is 1. The van der Waals surface area contributed by atoms with Gasteiger partial charge in [-0.3, -0.25) is 0 Å². The van der Waals surface area contributed by atoms with Crippen molar-refractivity contribution in [3.8, 4) is 0 Å². The Morgan fingerprint density at radius 1 is 1.19 bits per heavy atom. The third kappa shape index (κ3) is 3.24. The normalized spacial score (nSPS) is 11.9. The first-order chi connectivity index (χ1) is 7.69. The molecule has 2 heteroatoms. The predicted octanol–water partition coefficient (Wildman–Crippen LogP) is 2.88. The van der Waals surface area contributed by atoms with Gasteiger partial charge in [-0.25, -0.2) is 0 Å². The van der Waals surface area contributed by atoms with E-state index in [0.717, 1.165) is 18.7 Å². The molecule has 1 aromatic carbocycles. The van der Waals surface area contributed by atoms with Crippen molar-refractivity contribution in [2.45, 2.75) is 13.0 Å². The quantitative estimate of drug-likeness (QED) is 0.741. The molecule has 1 atom stereocenters.